The van der Waals surface area contributed by atoms with Gasteiger partial charge >= 0.3 is 5.97 Å². The second kappa shape index (κ2) is 11.6. The zero-order valence-electron chi connectivity index (χ0n) is 25.5. The molecule has 4 heteroatoms. The van der Waals surface area contributed by atoms with Crippen LogP contribution in [0.3, 0.4) is 0 Å². The van der Waals surface area contributed by atoms with Gasteiger partial charge in [-0.15, -0.1) is 0 Å². The van der Waals surface area contributed by atoms with Gasteiger partial charge < -0.3 is 9.30 Å². The summed E-state index contributed by atoms with van der Waals surface area (Å²) in [4.78, 5) is 12.7. The van der Waals surface area contributed by atoms with Crippen molar-refractivity contribution in [3.63, 3.8) is 0 Å². The minimum Gasteiger partial charge on any atom is -0.423 e. The molecule has 0 radical (unpaired) electrons. The highest BCUT2D eigenvalue weighted by molar-refractivity contribution is 7.85. The molecule has 0 saturated carbocycles. The molecule has 0 amide bonds. The van der Waals surface area contributed by atoms with E-state index in [0.29, 0.717) is 16.6 Å². The maximum atomic E-state index is 16.5. The van der Waals surface area contributed by atoms with E-state index in [2.05, 4.69) is 55.1 Å². The maximum absolute atomic E-state index is 16.5. The summed E-state index contributed by atoms with van der Waals surface area (Å²) in [6, 6.07) is 52.5. The third kappa shape index (κ3) is 4.84. The van der Waals surface area contributed by atoms with E-state index in [1.54, 1.807) is 0 Å². The van der Waals surface area contributed by atoms with Crippen LogP contribution in [0.2, 0.25) is 0 Å². The number of rotatable bonds is 6. The molecule has 0 heterocycles. The highest BCUT2D eigenvalue weighted by Gasteiger charge is 2.35. The first kappa shape index (κ1) is 28.7. The summed E-state index contributed by atoms with van der Waals surface area (Å²) >= 11 is 0. The fraction of sp³-hybridized carbons (Fsp3) is 0. The van der Waals surface area contributed by atoms with Gasteiger partial charge in [0.15, 0.2) is 7.14 Å². The van der Waals surface area contributed by atoms with Crippen LogP contribution >= 0.6 is 7.14 Å². The van der Waals surface area contributed by atoms with Crippen molar-refractivity contribution in [2.75, 3.05) is 0 Å². The Balaban J connectivity index is 1.54. The van der Waals surface area contributed by atoms with Crippen LogP contribution in [0, 0.1) is 0 Å². The number of carbonyl (C=O) groups is 1. The summed E-state index contributed by atoms with van der Waals surface area (Å²) in [5.41, 5.74) is 1.49. The molecule has 0 atom stereocenters. The van der Waals surface area contributed by atoms with Crippen LogP contribution in [0.4, 0.5) is 0 Å². The van der Waals surface area contributed by atoms with Crippen molar-refractivity contribution in [3.05, 3.63) is 170 Å². The highest BCUT2D eigenvalue weighted by atomic mass is 31.2. The Kier molecular flexibility index (Phi) is 7.05. The lowest BCUT2D eigenvalue weighted by atomic mass is 9.93. The van der Waals surface area contributed by atoms with Crippen LogP contribution in [-0.2, 0) is 9.36 Å². The van der Waals surface area contributed by atoms with E-state index in [4.69, 9.17) is 4.74 Å². The summed E-state index contributed by atoms with van der Waals surface area (Å²) < 4.78 is 22.5. The zero-order valence-corrected chi connectivity index (χ0v) is 26.4. The Hall–Kier alpha value is -5.76. The number of hydrogen-bond donors (Lipinski definition) is 0. The molecule has 224 valence electrons. The van der Waals surface area contributed by atoms with Crippen molar-refractivity contribution < 1.29 is 14.1 Å². The van der Waals surface area contributed by atoms with E-state index in [1.807, 2.05) is 109 Å². The van der Waals surface area contributed by atoms with Crippen molar-refractivity contribution in [3.8, 4) is 16.9 Å². The summed E-state index contributed by atoms with van der Waals surface area (Å²) in [5.74, 6) is -0.176. The van der Waals surface area contributed by atoms with Crippen LogP contribution in [-0.4, -0.2) is 5.97 Å². The Labute approximate surface area is 272 Å². The van der Waals surface area contributed by atoms with Crippen molar-refractivity contribution in [2.45, 2.75) is 0 Å². The summed E-state index contributed by atoms with van der Waals surface area (Å²) in [6.07, 6.45) is 1.16. The number of esters is 1. The fourth-order valence-corrected chi connectivity index (χ4v) is 9.60. The lowest BCUT2D eigenvalue weighted by molar-refractivity contribution is -0.128. The molecule has 8 aromatic carbocycles. The predicted octanol–water partition coefficient (Wildman–Crippen LogP) is 9.70. The molecule has 0 aliphatic heterocycles. The Morgan fingerprint density at radius 1 is 0.511 bits per heavy atom. The van der Waals surface area contributed by atoms with Crippen LogP contribution in [0.15, 0.2) is 170 Å². The average molecular weight is 625 g/mol. The minimum absolute atomic E-state index is 0.384. The highest BCUT2D eigenvalue weighted by Crippen LogP contribution is 2.50. The molecule has 8 aromatic rings. The number of hydrogen-bond acceptors (Lipinski definition) is 3. The first-order chi connectivity index (χ1) is 23.0. The SMILES string of the molecule is C=CC(=O)Oc1ccc2ccccc2c1-c1c(P(=O)(c2ccc3ccccc3c2)c2ccc3ccccc3c2)ccc2ccccc12. The van der Waals surface area contributed by atoms with Crippen LogP contribution in [0.1, 0.15) is 0 Å². The third-order valence-corrected chi connectivity index (χ3v) is 12.0. The van der Waals surface area contributed by atoms with E-state index in [1.165, 1.54) is 0 Å². The van der Waals surface area contributed by atoms with Gasteiger partial charge in [0.05, 0.1) is 0 Å². The summed E-state index contributed by atoms with van der Waals surface area (Å²) in [7, 11) is -3.59. The number of benzene rings is 8. The van der Waals surface area contributed by atoms with Crippen molar-refractivity contribution in [1.29, 1.82) is 0 Å². The molecule has 0 unspecified atom stereocenters. The van der Waals surface area contributed by atoms with Gasteiger partial charge in [-0.05, 0) is 67.4 Å². The van der Waals surface area contributed by atoms with Gasteiger partial charge in [-0.1, -0.05) is 140 Å². The standard InChI is InChI=1S/C43H29O3P/c1-2-41(44)46-39-25-21-31-13-7-9-17-37(31)42(39)43-38-18-10-8-14-32(38)22-26-40(43)47(45,35-23-19-29-11-3-5-15-33(29)27-35)36-24-20-30-12-4-6-16-34(30)28-36/h2-28H,1H2. The third-order valence-electron chi connectivity index (χ3n) is 8.96. The Bertz CT molecular complexity index is 2500. The molecule has 0 aliphatic rings. The van der Waals surface area contributed by atoms with Gasteiger partial charge in [0.1, 0.15) is 5.75 Å². The fourth-order valence-electron chi connectivity index (χ4n) is 6.70. The molecular formula is C43H29O3P. The number of ether oxygens (including phenoxy) is 1. The van der Waals surface area contributed by atoms with E-state index in [-0.39, 0.29) is 0 Å². The molecule has 0 fully saturated rings. The second-order valence-corrected chi connectivity index (χ2v) is 14.4. The van der Waals surface area contributed by atoms with Crippen LogP contribution < -0.4 is 20.7 Å². The molecule has 3 nitrogen and oxygen atoms in total. The Morgan fingerprint density at radius 3 is 1.51 bits per heavy atom. The number of carbonyl (C=O) groups excluding carboxylic acids is 1. The second-order valence-electron chi connectivity index (χ2n) is 11.6. The zero-order chi connectivity index (χ0) is 32.0. The first-order valence-electron chi connectivity index (χ1n) is 15.5. The van der Waals surface area contributed by atoms with E-state index in [0.717, 1.165) is 65.3 Å². The first-order valence-corrected chi connectivity index (χ1v) is 17.2. The predicted molar refractivity (Wildman–Crippen MR) is 197 cm³/mol. The van der Waals surface area contributed by atoms with E-state index in [9.17, 15) is 4.79 Å². The van der Waals surface area contributed by atoms with Crippen molar-refractivity contribution in [2.24, 2.45) is 0 Å². The topological polar surface area (TPSA) is 43.4 Å². The molecule has 47 heavy (non-hydrogen) atoms. The van der Waals surface area contributed by atoms with Crippen LogP contribution in [0.25, 0.3) is 54.2 Å². The van der Waals surface area contributed by atoms with Gasteiger partial charge in [0.25, 0.3) is 0 Å². The largest absolute Gasteiger partial charge is 0.423 e. The van der Waals surface area contributed by atoms with Gasteiger partial charge in [0.2, 0.25) is 0 Å². The molecule has 0 aromatic heterocycles. The maximum Gasteiger partial charge on any atom is 0.335 e. The molecule has 8 rings (SSSR count). The minimum atomic E-state index is -3.59. The molecule has 0 saturated heterocycles. The van der Waals surface area contributed by atoms with Gasteiger partial charge in [-0.3, -0.25) is 0 Å². The Morgan fingerprint density at radius 2 is 0.957 bits per heavy atom. The van der Waals surface area contributed by atoms with Gasteiger partial charge in [0, 0.05) is 33.1 Å². The quantitative estimate of drug-likeness (QED) is 0.0801. The molecular weight excluding hydrogens is 595 g/mol. The smallest absolute Gasteiger partial charge is 0.335 e. The summed E-state index contributed by atoms with van der Waals surface area (Å²) in [5, 5.41) is 10.1. The van der Waals surface area contributed by atoms with Gasteiger partial charge in [-0.25, -0.2) is 4.79 Å². The normalized spacial score (nSPS) is 11.7. The van der Waals surface area contributed by atoms with Crippen LogP contribution in [0.5, 0.6) is 5.75 Å². The van der Waals surface area contributed by atoms with E-state index < -0.39 is 13.1 Å². The van der Waals surface area contributed by atoms with Crippen molar-refractivity contribution >= 4 is 72.1 Å². The molecule has 0 N–H and O–H groups in total. The summed E-state index contributed by atoms with van der Waals surface area (Å²) in [6.45, 7) is 3.64. The lowest BCUT2D eigenvalue weighted by Gasteiger charge is -2.26. The van der Waals surface area contributed by atoms with Gasteiger partial charge in [-0.2, -0.15) is 0 Å². The average Bonchev–Trinajstić information content (AvgIpc) is 3.13. The lowest BCUT2D eigenvalue weighted by Crippen LogP contribution is -2.27. The monoisotopic (exact) mass is 624 g/mol. The van der Waals surface area contributed by atoms with Crippen molar-refractivity contribution in [1.82, 2.24) is 0 Å². The molecule has 0 spiro atoms. The molecule has 0 aliphatic carbocycles. The molecule has 0 bridgehead atoms. The van der Waals surface area contributed by atoms with E-state index >= 15 is 4.57 Å². The number of fused-ring (bicyclic) bond motifs is 4.